The summed E-state index contributed by atoms with van der Waals surface area (Å²) in [5.41, 5.74) is 1.52. The van der Waals surface area contributed by atoms with Gasteiger partial charge in [-0.25, -0.2) is 0 Å². The van der Waals surface area contributed by atoms with Crippen LogP contribution in [0.15, 0.2) is 36.4 Å². The second kappa shape index (κ2) is 9.06. The Hall–Kier alpha value is -1.56. The predicted molar refractivity (Wildman–Crippen MR) is 101 cm³/mol. The van der Waals surface area contributed by atoms with Crippen molar-refractivity contribution >= 4 is 46.6 Å². The maximum Gasteiger partial charge on any atom is 0.234 e. The van der Waals surface area contributed by atoms with Gasteiger partial charge in [0.05, 0.1) is 30.7 Å². The van der Waals surface area contributed by atoms with Gasteiger partial charge < -0.3 is 14.8 Å². The highest BCUT2D eigenvalue weighted by atomic mass is 35.5. The Bertz CT molecular complexity index is 725. The molecule has 24 heavy (non-hydrogen) atoms. The molecule has 0 atom stereocenters. The van der Waals surface area contributed by atoms with Crippen molar-refractivity contribution in [3.05, 3.63) is 52.0 Å². The quantitative estimate of drug-likeness (QED) is 0.737. The van der Waals surface area contributed by atoms with Crippen molar-refractivity contribution in [3.8, 4) is 11.5 Å². The summed E-state index contributed by atoms with van der Waals surface area (Å²) in [6.45, 7) is 0. The highest BCUT2D eigenvalue weighted by molar-refractivity contribution is 7.99. The zero-order valence-corrected chi connectivity index (χ0v) is 15.6. The summed E-state index contributed by atoms with van der Waals surface area (Å²) in [6, 6.07) is 10.8. The molecule has 0 fully saturated rings. The summed E-state index contributed by atoms with van der Waals surface area (Å²) >= 11 is 13.6. The Morgan fingerprint density at radius 2 is 1.79 bits per heavy atom. The number of halogens is 2. The van der Waals surface area contributed by atoms with Gasteiger partial charge in [0.2, 0.25) is 5.91 Å². The van der Waals surface area contributed by atoms with E-state index in [9.17, 15) is 4.79 Å². The fourth-order valence-corrected chi connectivity index (χ4v) is 3.36. The number of carbonyl (C=O) groups is 1. The molecule has 0 bridgehead atoms. The number of thioether (sulfide) groups is 1. The van der Waals surface area contributed by atoms with Gasteiger partial charge in [0.25, 0.3) is 0 Å². The zero-order valence-electron chi connectivity index (χ0n) is 13.3. The molecule has 2 rings (SSSR count). The lowest BCUT2D eigenvalue weighted by molar-refractivity contribution is -0.113. The minimum atomic E-state index is -0.144. The molecule has 0 spiro atoms. The number of methoxy groups -OCH3 is 2. The second-order valence-corrected chi connectivity index (χ2v) is 6.62. The first-order valence-electron chi connectivity index (χ1n) is 7.07. The third-order valence-electron chi connectivity index (χ3n) is 3.20. The zero-order chi connectivity index (χ0) is 17.5. The van der Waals surface area contributed by atoms with Crippen LogP contribution in [0.2, 0.25) is 10.0 Å². The lowest BCUT2D eigenvalue weighted by Gasteiger charge is -2.13. The molecule has 0 aliphatic rings. The fraction of sp³-hybridized carbons (Fsp3) is 0.235. The molecule has 1 N–H and O–H groups in total. The predicted octanol–water partition coefficient (Wildman–Crippen LogP) is 4.88. The monoisotopic (exact) mass is 385 g/mol. The van der Waals surface area contributed by atoms with Crippen LogP contribution in [-0.4, -0.2) is 25.9 Å². The van der Waals surface area contributed by atoms with Crippen molar-refractivity contribution in [2.45, 2.75) is 5.75 Å². The first-order chi connectivity index (χ1) is 11.5. The lowest BCUT2D eigenvalue weighted by Crippen LogP contribution is -2.15. The van der Waals surface area contributed by atoms with Crippen molar-refractivity contribution < 1.29 is 14.3 Å². The van der Waals surface area contributed by atoms with Gasteiger partial charge >= 0.3 is 0 Å². The maximum atomic E-state index is 12.1. The molecule has 2 aromatic carbocycles. The van der Waals surface area contributed by atoms with E-state index in [0.717, 1.165) is 5.56 Å². The molecular weight excluding hydrogens is 369 g/mol. The summed E-state index contributed by atoms with van der Waals surface area (Å²) in [5.74, 6) is 1.75. The fourth-order valence-electron chi connectivity index (χ4n) is 2.01. The average molecular weight is 386 g/mol. The molecule has 0 radical (unpaired) electrons. The van der Waals surface area contributed by atoms with Crippen LogP contribution in [-0.2, 0) is 10.5 Å². The number of hydrogen-bond donors (Lipinski definition) is 1. The lowest BCUT2D eigenvalue weighted by atomic mass is 10.2. The number of carbonyl (C=O) groups excluding carboxylic acids is 1. The van der Waals surface area contributed by atoms with E-state index >= 15 is 0 Å². The summed E-state index contributed by atoms with van der Waals surface area (Å²) in [4.78, 5) is 12.1. The van der Waals surface area contributed by atoms with Crippen LogP contribution < -0.4 is 14.8 Å². The Balaban J connectivity index is 1.96. The summed E-state index contributed by atoms with van der Waals surface area (Å²) < 4.78 is 10.4. The van der Waals surface area contributed by atoms with Crippen LogP contribution in [0.5, 0.6) is 11.5 Å². The molecule has 0 aliphatic carbocycles. The van der Waals surface area contributed by atoms with E-state index < -0.39 is 0 Å². The Labute approximate surface area is 155 Å². The highest BCUT2D eigenvalue weighted by Crippen LogP contribution is 2.36. The topological polar surface area (TPSA) is 47.6 Å². The van der Waals surface area contributed by atoms with E-state index in [2.05, 4.69) is 5.32 Å². The minimum Gasteiger partial charge on any atom is -0.495 e. The van der Waals surface area contributed by atoms with Crippen molar-refractivity contribution in [3.63, 3.8) is 0 Å². The molecule has 2 aromatic rings. The van der Waals surface area contributed by atoms with Crippen LogP contribution in [0.1, 0.15) is 5.56 Å². The molecule has 0 saturated carbocycles. The average Bonchev–Trinajstić information content (AvgIpc) is 2.57. The molecule has 4 nitrogen and oxygen atoms in total. The molecule has 0 aromatic heterocycles. The van der Waals surface area contributed by atoms with Gasteiger partial charge in [0, 0.05) is 22.9 Å². The summed E-state index contributed by atoms with van der Waals surface area (Å²) in [7, 11) is 3.03. The van der Waals surface area contributed by atoms with E-state index in [1.807, 2.05) is 24.3 Å². The molecule has 0 heterocycles. The van der Waals surface area contributed by atoms with E-state index in [1.165, 1.54) is 26.0 Å². The Morgan fingerprint density at radius 3 is 2.46 bits per heavy atom. The van der Waals surface area contributed by atoms with Crippen LogP contribution in [0.4, 0.5) is 5.69 Å². The molecular formula is C17H17Cl2NO3S. The number of benzene rings is 2. The number of hydrogen-bond acceptors (Lipinski definition) is 4. The Kier molecular flexibility index (Phi) is 7.09. The van der Waals surface area contributed by atoms with Crippen molar-refractivity contribution in [2.24, 2.45) is 0 Å². The minimum absolute atomic E-state index is 0.144. The van der Waals surface area contributed by atoms with Gasteiger partial charge in [-0.1, -0.05) is 41.4 Å². The van der Waals surface area contributed by atoms with Gasteiger partial charge in [-0.05, 0) is 11.6 Å². The second-order valence-electron chi connectivity index (χ2n) is 4.82. The molecule has 1 amide bonds. The Morgan fingerprint density at radius 1 is 1.08 bits per heavy atom. The summed E-state index contributed by atoms with van der Waals surface area (Å²) in [6.07, 6.45) is 0. The van der Waals surface area contributed by atoms with Gasteiger partial charge in [-0.15, -0.1) is 11.8 Å². The van der Waals surface area contributed by atoms with Crippen LogP contribution in [0.25, 0.3) is 0 Å². The van der Waals surface area contributed by atoms with Crippen LogP contribution in [0, 0.1) is 0 Å². The number of amides is 1. The third-order valence-corrected chi connectivity index (χ3v) is 4.84. The first-order valence-corrected chi connectivity index (χ1v) is 8.98. The molecule has 128 valence electrons. The van der Waals surface area contributed by atoms with E-state index in [-0.39, 0.29) is 5.91 Å². The van der Waals surface area contributed by atoms with Gasteiger partial charge in [0.1, 0.15) is 11.5 Å². The first kappa shape index (κ1) is 18.8. The van der Waals surface area contributed by atoms with E-state index in [0.29, 0.717) is 38.7 Å². The normalized spacial score (nSPS) is 10.3. The van der Waals surface area contributed by atoms with Crippen molar-refractivity contribution in [1.29, 1.82) is 0 Å². The SMILES string of the molecule is COc1cc(NC(=O)CSCc2ccccc2Cl)c(OC)cc1Cl. The van der Waals surface area contributed by atoms with Crippen LogP contribution >= 0.6 is 35.0 Å². The number of anilines is 1. The molecule has 7 heteroatoms. The van der Waals surface area contributed by atoms with Crippen molar-refractivity contribution in [1.82, 2.24) is 0 Å². The van der Waals surface area contributed by atoms with E-state index in [4.69, 9.17) is 32.7 Å². The smallest absolute Gasteiger partial charge is 0.234 e. The largest absolute Gasteiger partial charge is 0.495 e. The van der Waals surface area contributed by atoms with Gasteiger partial charge in [-0.3, -0.25) is 4.79 Å². The summed E-state index contributed by atoms with van der Waals surface area (Å²) in [5, 5.41) is 3.93. The number of rotatable bonds is 7. The number of ether oxygens (including phenoxy) is 2. The van der Waals surface area contributed by atoms with Crippen LogP contribution in [0.3, 0.4) is 0 Å². The van der Waals surface area contributed by atoms with E-state index in [1.54, 1.807) is 12.1 Å². The molecule has 0 aliphatic heterocycles. The highest BCUT2D eigenvalue weighted by Gasteiger charge is 2.12. The maximum absolute atomic E-state index is 12.1. The van der Waals surface area contributed by atoms with Crippen molar-refractivity contribution in [2.75, 3.05) is 25.3 Å². The van der Waals surface area contributed by atoms with Gasteiger partial charge in [-0.2, -0.15) is 0 Å². The molecule has 0 unspecified atom stereocenters. The third kappa shape index (κ3) is 4.97. The molecule has 0 saturated heterocycles. The van der Waals surface area contributed by atoms with Gasteiger partial charge in [0.15, 0.2) is 0 Å². The standard InChI is InChI=1S/C17H17Cl2NO3S/c1-22-15-8-14(16(23-2)7-13(15)19)20-17(21)10-24-9-11-5-3-4-6-12(11)18/h3-8H,9-10H2,1-2H3,(H,20,21). The number of nitrogens with one attached hydrogen (secondary N) is 1.